The van der Waals surface area contributed by atoms with Crippen LogP contribution in [0.3, 0.4) is 0 Å². The fourth-order valence-corrected chi connectivity index (χ4v) is 1.69. The van der Waals surface area contributed by atoms with Crippen LogP contribution < -0.4 is 19.3 Å². The van der Waals surface area contributed by atoms with E-state index in [9.17, 15) is 4.21 Å². The monoisotopic (exact) mass is 228 g/mol. The van der Waals surface area contributed by atoms with Gasteiger partial charge in [0.1, 0.15) is 12.7 Å². The molecule has 6 heteroatoms. The van der Waals surface area contributed by atoms with Gasteiger partial charge >= 0.3 is 0 Å². The molecular formula is C9H12N2O3S. The van der Waals surface area contributed by atoms with Crippen molar-refractivity contribution >= 4 is 11.2 Å². The first-order valence-electron chi connectivity index (χ1n) is 4.54. The lowest BCUT2D eigenvalue weighted by molar-refractivity contribution is 0.0945. The van der Waals surface area contributed by atoms with Crippen molar-refractivity contribution in [2.24, 2.45) is 5.14 Å². The normalized spacial score (nSPS) is 21.0. The third-order valence-electron chi connectivity index (χ3n) is 2.02. The number of nitrogens with one attached hydrogen (secondary N) is 1. The molecule has 1 aromatic rings. The molecule has 0 radical (unpaired) electrons. The van der Waals surface area contributed by atoms with Crippen LogP contribution in [-0.2, 0) is 11.2 Å². The van der Waals surface area contributed by atoms with Crippen molar-refractivity contribution in [2.45, 2.75) is 6.10 Å². The zero-order valence-corrected chi connectivity index (χ0v) is 8.83. The molecule has 2 atom stereocenters. The van der Waals surface area contributed by atoms with E-state index in [4.69, 9.17) is 14.6 Å². The van der Waals surface area contributed by atoms with Gasteiger partial charge in [-0.2, -0.15) is 0 Å². The highest BCUT2D eigenvalue weighted by molar-refractivity contribution is 7.80. The highest BCUT2D eigenvalue weighted by Crippen LogP contribution is 2.30. The van der Waals surface area contributed by atoms with Gasteiger partial charge in [-0.3, -0.25) is 0 Å². The Hall–Kier alpha value is -1.11. The molecule has 1 heterocycles. The van der Waals surface area contributed by atoms with E-state index >= 15 is 0 Å². The van der Waals surface area contributed by atoms with E-state index in [2.05, 4.69) is 4.72 Å². The zero-order chi connectivity index (χ0) is 10.7. The lowest BCUT2D eigenvalue weighted by Gasteiger charge is -2.26. The Morgan fingerprint density at radius 1 is 1.47 bits per heavy atom. The Balaban J connectivity index is 1.96. The number of para-hydroxylation sites is 2. The maximum Gasteiger partial charge on any atom is 0.164 e. The van der Waals surface area contributed by atoms with Gasteiger partial charge in [-0.25, -0.2) is 14.1 Å². The zero-order valence-electron chi connectivity index (χ0n) is 8.01. The predicted molar refractivity (Wildman–Crippen MR) is 56.7 cm³/mol. The first kappa shape index (κ1) is 10.4. The highest BCUT2D eigenvalue weighted by Gasteiger charge is 2.20. The minimum absolute atomic E-state index is 0.160. The molecule has 1 unspecified atom stereocenters. The van der Waals surface area contributed by atoms with Crippen LogP contribution in [0.5, 0.6) is 11.5 Å². The first-order valence-corrected chi connectivity index (χ1v) is 5.75. The Morgan fingerprint density at radius 3 is 2.93 bits per heavy atom. The average Bonchev–Trinajstić information content (AvgIpc) is 2.26. The second-order valence-electron chi connectivity index (χ2n) is 3.14. The summed E-state index contributed by atoms with van der Waals surface area (Å²) in [6.45, 7) is 0.832. The quantitative estimate of drug-likeness (QED) is 0.762. The van der Waals surface area contributed by atoms with Crippen LogP contribution in [0.25, 0.3) is 0 Å². The fourth-order valence-electron chi connectivity index (χ4n) is 1.34. The Bertz CT molecular complexity index is 372. The molecule has 0 aliphatic carbocycles. The molecule has 0 bridgehead atoms. The van der Waals surface area contributed by atoms with Crippen LogP contribution in [0.4, 0.5) is 0 Å². The molecule has 15 heavy (non-hydrogen) atoms. The number of hydrogen-bond acceptors (Lipinski definition) is 3. The molecule has 82 valence electrons. The first-order chi connectivity index (χ1) is 7.25. The smallest absolute Gasteiger partial charge is 0.164 e. The van der Waals surface area contributed by atoms with Gasteiger partial charge in [0.15, 0.2) is 22.7 Å². The summed E-state index contributed by atoms with van der Waals surface area (Å²) in [4.78, 5) is 0. The third kappa shape index (κ3) is 2.68. The largest absolute Gasteiger partial charge is 0.486 e. The minimum atomic E-state index is -1.51. The van der Waals surface area contributed by atoms with E-state index in [0.717, 1.165) is 5.75 Å². The fraction of sp³-hybridized carbons (Fsp3) is 0.333. The lowest BCUT2D eigenvalue weighted by atomic mass is 10.2. The molecule has 5 nitrogen and oxygen atoms in total. The van der Waals surface area contributed by atoms with E-state index in [1.165, 1.54) is 0 Å². The summed E-state index contributed by atoms with van der Waals surface area (Å²) < 4.78 is 24.3. The van der Waals surface area contributed by atoms with E-state index in [-0.39, 0.29) is 6.10 Å². The van der Waals surface area contributed by atoms with Gasteiger partial charge in [-0.15, -0.1) is 0 Å². The minimum Gasteiger partial charge on any atom is -0.486 e. The van der Waals surface area contributed by atoms with Crippen molar-refractivity contribution in [1.29, 1.82) is 0 Å². The summed E-state index contributed by atoms with van der Waals surface area (Å²) in [5, 5.41) is 5.07. The second-order valence-corrected chi connectivity index (χ2v) is 4.03. The van der Waals surface area contributed by atoms with Gasteiger partial charge < -0.3 is 9.47 Å². The maximum atomic E-state index is 10.6. The number of fused-ring (bicyclic) bond motifs is 1. The van der Waals surface area contributed by atoms with Crippen LogP contribution in [0.15, 0.2) is 24.3 Å². The van der Waals surface area contributed by atoms with E-state index in [0.29, 0.717) is 18.9 Å². The Labute approximate surface area is 90.3 Å². The SMILES string of the molecule is NS(=O)NC[C@H]1COc2ccccc2O1. The molecule has 0 fully saturated rings. The Morgan fingerprint density at radius 2 is 2.20 bits per heavy atom. The number of benzene rings is 1. The maximum absolute atomic E-state index is 10.6. The second kappa shape index (κ2) is 4.61. The van der Waals surface area contributed by atoms with Crippen LogP contribution in [0.2, 0.25) is 0 Å². The molecule has 0 saturated heterocycles. The third-order valence-corrected chi connectivity index (χ3v) is 2.47. The molecule has 1 aromatic carbocycles. The molecule has 3 N–H and O–H groups in total. The van der Waals surface area contributed by atoms with Crippen molar-refractivity contribution in [1.82, 2.24) is 4.72 Å². The summed E-state index contributed by atoms with van der Waals surface area (Å²) in [5.74, 6) is 1.45. The molecule has 2 rings (SSSR count). The van der Waals surface area contributed by atoms with Crippen LogP contribution in [-0.4, -0.2) is 23.5 Å². The van der Waals surface area contributed by atoms with E-state index in [1.54, 1.807) is 0 Å². The standard InChI is InChI=1S/C9H12N2O3S/c10-15(12)11-5-7-6-13-8-3-1-2-4-9(8)14-7/h1-4,7,11H,5-6,10H2/t7-,15?/m0/s1. The van der Waals surface area contributed by atoms with Crippen molar-refractivity contribution in [3.05, 3.63) is 24.3 Å². The van der Waals surface area contributed by atoms with Gasteiger partial charge in [-0.1, -0.05) is 12.1 Å². The molecule has 1 aliphatic rings. The number of hydrogen-bond donors (Lipinski definition) is 2. The molecular weight excluding hydrogens is 216 g/mol. The van der Waals surface area contributed by atoms with E-state index in [1.807, 2.05) is 24.3 Å². The van der Waals surface area contributed by atoms with Gasteiger partial charge in [0.25, 0.3) is 0 Å². The number of nitrogens with two attached hydrogens (primary N) is 1. The molecule has 1 aliphatic heterocycles. The topological polar surface area (TPSA) is 73.6 Å². The molecule has 0 saturated carbocycles. The van der Waals surface area contributed by atoms with Crippen LogP contribution in [0, 0.1) is 0 Å². The molecule has 0 spiro atoms. The summed E-state index contributed by atoms with van der Waals surface area (Å²) in [5.41, 5.74) is 0. The predicted octanol–water partition coefficient (Wildman–Crippen LogP) is -0.0466. The van der Waals surface area contributed by atoms with Crippen LogP contribution in [0.1, 0.15) is 0 Å². The average molecular weight is 228 g/mol. The van der Waals surface area contributed by atoms with E-state index < -0.39 is 11.2 Å². The molecule has 0 aromatic heterocycles. The van der Waals surface area contributed by atoms with Crippen molar-refractivity contribution in [3.63, 3.8) is 0 Å². The van der Waals surface area contributed by atoms with Crippen molar-refractivity contribution in [3.8, 4) is 11.5 Å². The van der Waals surface area contributed by atoms with Crippen LogP contribution >= 0.6 is 0 Å². The highest BCUT2D eigenvalue weighted by atomic mass is 32.2. The van der Waals surface area contributed by atoms with Gasteiger partial charge in [0.05, 0.1) is 0 Å². The Kier molecular flexibility index (Phi) is 3.20. The lowest BCUT2D eigenvalue weighted by Crippen LogP contribution is -2.40. The van der Waals surface area contributed by atoms with Crippen molar-refractivity contribution in [2.75, 3.05) is 13.2 Å². The number of rotatable bonds is 3. The van der Waals surface area contributed by atoms with Crippen molar-refractivity contribution < 1.29 is 13.7 Å². The van der Waals surface area contributed by atoms with Gasteiger partial charge in [0.2, 0.25) is 0 Å². The molecule has 0 amide bonds. The summed E-state index contributed by atoms with van der Waals surface area (Å²) in [7, 11) is 0. The summed E-state index contributed by atoms with van der Waals surface area (Å²) >= 11 is -1.51. The summed E-state index contributed by atoms with van der Waals surface area (Å²) in [6, 6.07) is 7.44. The van der Waals surface area contributed by atoms with Gasteiger partial charge in [0, 0.05) is 6.54 Å². The van der Waals surface area contributed by atoms with Gasteiger partial charge in [-0.05, 0) is 12.1 Å². The summed E-state index contributed by atoms with van der Waals surface area (Å²) in [6.07, 6.45) is -0.160. The number of ether oxygens (including phenoxy) is 2.